The van der Waals surface area contributed by atoms with Gasteiger partial charge in [-0.25, -0.2) is 4.98 Å². The van der Waals surface area contributed by atoms with Crippen LogP contribution in [0, 0.1) is 5.92 Å². The second-order valence-electron chi connectivity index (χ2n) is 5.34. The van der Waals surface area contributed by atoms with Crippen LogP contribution in [0.3, 0.4) is 0 Å². The van der Waals surface area contributed by atoms with Gasteiger partial charge in [-0.2, -0.15) is 0 Å². The molecule has 2 rings (SSSR count). The Balaban J connectivity index is 2.46. The summed E-state index contributed by atoms with van der Waals surface area (Å²) in [5, 5.41) is 0. The SMILES string of the molecule is CC(C)CN(c1ccc2scnc2c1N)C(C)C. The Hall–Kier alpha value is -1.29. The van der Waals surface area contributed by atoms with E-state index in [0.29, 0.717) is 12.0 Å². The fourth-order valence-corrected chi connectivity index (χ4v) is 2.87. The van der Waals surface area contributed by atoms with E-state index in [2.05, 4.69) is 49.7 Å². The number of fused-ring (bicyclic) bond motifs is 1. The molecule has 2 aromatic rings. The number of anilines is 2. The molecule has 0 atom stereocenters. The molecular formula is C14H21N3S. The lowest BCUT2D eigenvalue weighted by atomic mass is 10.1. The zero-order chi connectivity index (χ0) is 13.3. The Morgan fingerprint density at radius 2 is 2.00 bits per heavy atom. The number of nitrogen functional groups attached to an aromatic ring is 1. The number of hydrogen-bond acceptors (Lipinski definition) is 4. The third-order valence-electron chi connectivity index (χ3n) is 3.01. The number of nitrogens with two attached hydrogens (primary N) is 1. The van der Waals surface area contributed by atoms with Crippen LogP contribution in [0.5, 0.6) is 0 Å². The van der Waals surface area contributed by atoms with E-state index in [0.717, 1.165) is 28.1 Å². The first-order chi connectivity index (χ1) is 8.50. The molecule has 98 valence electrons. The van der Waals surface area contributed by atoms with E-state index in [9.17, 15) is 0 Å². The summed E-state index contributed by atoms with van der Waals surface area (Å²) in [5.41, 5.74) is 11.0. The van der Waals surface area contributed by atoms with Crippen molar-refractivity contribution < 1.29 is 0 Å². The highest BCUT2D eigenvalue weighted by atomic mass is 32.1. The van der Waals surface area contributed by atoms with Gasteiger partial charge in [0.2, 0.25) is 0 Å². The van der Waals surface area contributed by atoms with Crippen LogP contribution in [0.2, 0.25) is 0 Å². The minimum Gasteiger partial charge on any atom is -0.395 e. The molecule has 3 nitrogen and oxygen atoms in total. The zero-order valence-electron chi connectivity index (χ0n) is 11.5. The van der Waals surface area contributed by atoms with Crippen LogP contribution in [-0.4, -0.2) is 17.6 Å². The van der Waals surface area contributed by atoms with Gasteiger partial charge in [-0.1, -0.05) is 13.8 Å². The van der Waals surface area contributed by atoms with E-state index in [-0.39, 0.29) is 0 Å². The van der Waals surface area contributed by atoms with Gasteiger partial charge in [0.05, 0.1) is 21.6 Å². The number of benzene rings is 1. The van der Waals surface area contributed by atoms with E-state index >= 15 is 0 Å². The summed E-state index contributed by atoms with van der Waals surface area (Å²) in [6, 6.07) is 4.68. The van der Waals surface area contributed by atoms with Crippen molar-refractivity contribution in [2.45, 2.75) is 33.7 Å². The van der Waals surface area contributed by atoms with E-state index in [1.165, 1.54) is 0 Å². The van der Waals surface area contributed by atoms with Crippen molar-refractivity contribution in [1.82, 2.24) is 4.98 Å². The Morgan fingerprint density at radius 3 is 2.61 bits per heavy atom. The first kappa shape index (κ1) is 13.1. The number of thiazole rings is 1. The largest absolute Gasteiger partial charge is 0.395 e. The number of nitrogens with zero attached hydrogens (tertiary/aromatic N) is 2. The zero-order valence-corrected chi connectivity index (χ0v) is 12.3. The van der Waals surface area contributed by atoms with Crippen molar-refractivity contribution in [3.63, 3.8) is 0 Å². The number of rotatable bonds is 4. The minimum absolute atomic E-state index is 0.436. The van der Waals surface area contributed by atoms with E-state index in [4.69, 9.17) is 5.73 Å². The van der Waals surface area contributed by atoms with E-state index in [1.807, 2.05) is 5.51 Å². The van der Waals surface area contributed by atoms with Gasteiger partial charge in [0.15, 0.2) is 0 Å². The van der Waals surface area contributed by atoms with Crippen LogP contribution in [0.1, 0.15) is 27.7 Å². The molecule has 0 aliphatic heterocycles. The quantitative estimate of drug-likeness (QED) is 0.854. The molecular weight excluding hydrogens is 242 g/mol. The molecule has 0 aliphatic carbocycles. The summed E-state index contributed by atoms with van der Waals surface area (Å²) < 4.78 is 1.16. The number of hydrogen-bond donors (Lipinski definition) is 1. The molecule has 1 aromatic heterocycles. The second-order valence-corrected chi connectivity index (χ2v) is 6.22. The molecule has 1 heterocycles. The summed E-state index contributed by atoms with van der Waals surface area (Å²) in [6.07, 6.45) is 0. The first-order valence-corrected chi connectivity index (χ1v) is 7.27. The van der Waals surface area contributed by atoms with Crippen LogP contribution in [0.25, 0.3) is 10.2 Å². The van der Waals surface area contributed by atoms with Gasteiger partial charge in [0.25, 0.3) is 0 Å². The third-order valence-corrected chi connectivity index (χ3v) is 3.81. The molecule has 0 aliphatic rings. The lowest BCUT2D eigenvalue weighted by Crippen LogP contribution is -2.34. The maximum absolute atomic E-state index is 6.28. The summed E-state index contributed by atoms with van der Waals surface area (Å²) in [7, 11) is 0. The molecule has 4 heteroatoms. The first-order valence-electron chi connectivity index (χ1n) is 6.39. The molecule has 0 saturated carbocycles. The van der Waals surface area contributed by atoms with Gasteiger partial charge < -0.3 is 10.6 Å². The molecule has 0 bridgehead atoms. The summed E-state index contributed by atoms with van der Waals surface area (Å²) in [5.74, 6) is 0.609. The Bertz CT molecular complexity index is 531. The summed E-state index contributed by atoms with van der Waals surface area (Å²) >= 11 is 1.63. The predicted molar refractivity (Wildman–Crippen MR) is 81.4 cm³/mol. The summed E-state index contributed by atoms with van der Waals surface area (Å²) in [6.45, 7) is 9.87. The van der Waals surface area contributed by atoms with Crippen LogP contribution < -0.4 is 10.6 Å². The lowest BCUT2D eigenvalue weighted by Gasteiger charge is -2.31. The topological polar surface area (TPSA) is 42.2 Å². The molecule has 1 aromatic carbocycles. The molecule has 18 heavy (non-hydrogen) atoms. The van der Waals surface area contributed by atoms with Crippen molar-refractivity contribution in [2.75, 3.05) is 17.2 Å². The standard InChI is InChI=1S/C14H21N3S/c1-9(2)7-17(10(3)4)11-5-6-12-14(13(11)15)16-8-18-12/h5-6,8-10H,7,15H2,1-4H3. The summed E-state index contributed by atoms with van der Waals surface area (Å²) in [4.78, 5) is 6.73. The maximum atomic E-state index is 6.28. The van der Waals surface area contributed by atoms with Crippen LogP contribution in [0.4, 0.5) is 11.4 Å². The van der Waals surface area contributed by atoms with Crippen LogP contribution in [-0.2, 0) is 0 Å². The fraction of sp³-hybridized carbons (Fsp3) is 0.500. The van der Waals surface area contributed by atoms with Crippen molar-refractivity contribution >= 4 is 32.9 Å². The highest BCUT2D eigenvalue weighted by Crippen LogP contribution is 2.33. The molecule has 0 fully saturated rings. The highest BCUT2D eigenvalue weighted by Gasteiger charge is 2.17. The fourth-order valence-electron chi connectivity index (χ4n) is 2.17. The average Bonchev–Trinajstić information content (AvgIpc) is 2.75. The monoisotopic (exact) mass is 263 g/mol. The van der Waals surface area contributed by atoms with Crippen LogP contribution in [0.15, 0.2) is 17.6 Å². The van der Waals surface area contributed by atoms with Gasteiger partial charge in [-0.3, -0.25) is 0 Å². The maximum Gasteiger partial charge on any atom is 0.106 e. The molecule has 0 amide bonds. The Kier molecular flexibility index (Phi) is 3.76. The lowest BCUT2D eigenvalue weighted by molar-refractivity contribution is 0.572. The van der Waals surface area contributed by atoms with Crippen LogP contribution >= 0.6 is 11.3 Å². The molecule has 2 N–H and O–H groups in total. The predicted octanol–water partition coefficient (Wildman–Crippen LogP) is 3.75. The Morgan fingerprint density at radius 1 is 1.28 bits per heavy atom. The molecule has 0 spiro atoms. The molecule has 0 radical (unpaired) electrons. The highest BCUT2D eigenvalue weighted by molar-refractivity contribution is 7.16. The van der Waals surface area contributed by atoms with Gasteiger partial charge >= 0.3 is 0 Å². The van der Waals surface area contributed by atoms with E-state index in [1.54, 1.807) is 11.3 Å². The Labute approximate surface area is 113 Å². The van der Waals surface area contributed by atoms with Crippen molar-refractivity contribution in [3.05, 3.63) is 17.6 Å². The van der Waals surface area contributed by atoms with Gasteiger partial charge in [0, 0.05) is 12.6 Å². The van der Waals surface area contributed by atoms with Crippen molar-refractivity contribution in [3.8, 4) is 0 Å². The van der Waals surface area contributed by atoms with Gasteiger partial charge in [-0.15, -0.1) is 11.3 Å². The number of aromatic nitrogens is 1. The second kappa shape index (κ2) is 5.14. The van der Waals surface area contributed by atoms with Crippen molar-refractivity contribution in [1.29, 1.82) is 0 Å². The van der Waals surface area contributed by atoms with E-state index < -0.39 is 0 Å². The normalized spacial score (nSPS) is 11.7. The molecule has 0 saturated heterocycles. The average molecular weight is 263 g/mol. The minimum atomic E-state index is 0.436. The van der Waals surface area contributed by atoms with Gasteiger partial charge in [0.1, 0.15) is 5.52 Å². The van der Waals surface area contributed by atoms with Crippen molar-refractivity contribution in [2.24, 2.45) is 5.92 Å². The smallest absolute Gasteiger partial charge is 0.106 e. The molecule has 0 unspecified atom stereocenters. The third kappa shape index (κ3) is 2.43. The van der Waals surface area contributed by atoms with Gasteiger partial charge in [-0.05, 0) is 31.9 Å².